The van der Waals surface area contributed by atoms with Gasteiger partial charge in [0.25, 0.3) is 0 Å². The Morgan fingerprint density at radius 3 is 2.71 bits per heavy atom. The Hall–Kier alpha value is -1.02. The molecule has 0 amide bonds. The third-order valence-electron chi connectivity index (χ3n) is 3.66. The van der Waals surface area contributed by atoms with Crippen LogP contribution in [0.3, 0.4) is 0 Å². The summed E-state index contributed by atoms with van der Waals surface area (Å²) in [6.45, 7) is 3.20. The first-order valence-electron chi connectivity index (χ1n) is 6.66. The molecule has 17 heavy (non-hydrogen) atoms. The lowest BCUT2D eigenvalue weighted by molar-refractivity contribution is 0.411. The van der Waals surface area contributed by atoms with Gasteiger partial charge in [-0.25, -0.2) is 0 Å². The van der Waals surface area contributed by atoms with Crippen molar-refractivity contribution in [1.29, 1.82) is 0 Å². The summed E-state index contributed by atoms with van der Waals surface area (Å²) in [5.74, 6) is 0.984. The number of rotatable bonds is 5. The van der Waals surface area contributed by atoms with Gasteiger partial charge in [0.05, 0.1) is 7.11 Å². The van der Waals surface area contributed by atoms with Crippen LogP contribution in [0.4, 0.5) is 0 Å². The summed E-state index contributed by atoms with van der Waals surface area (Å²) in [6.07, 6.45) is 6.64. The van der Waals surface area contributed by atoms with Crippen LogP contribution in [0.2, 0.25) is 0 Å². The van der Waals surface area contributed by atoms with Crippen molar-refractivity contribution in [2.75, 3.05) is 13.7 Å². The molecule has 0 heterocycles. The minimum atomic E-state index is 0.773. The number of hydrogen-bond acceptors (Lipinski definition) is 2. The second-order valence-corrected chi connectivity index (χ2v) is 4.99. The number of hydrogen-bond donors (Lipinski definition) is 1. The molecule has 2 heteroatoms. The van der Waals surface area contributed by atoms with Crippen LogP contribution in [0.1, 0.15) is 36.8 Å². The largest absolute Gasteiger partial charge is 0.496 e. The second-order valence-electron chi connectivity index (χ2n) is 4.99. The molecule has 1 N–H and O–H groups in total. The van der Waals surface area contributed by atoms with E-state index < -0.39 is 0 Å². The molecule has 0 radical (unpaired) electrons. The van der Waals surface area contributed by atoms with Gasteiger partial charge in [-0.05, 0) is 49.9 Å². The van der Waals surface area contributed by atoms with Gasteiger partial charge >= 0.3 is 0 Å². The van der Waals surface area contributed by atoms with Crippen molar-refractivity contribution in [3.8, 4) is 5.75 Å². The van der Waals surface area contributed by atoms with Crippen molar-refractivity contribution in [3.05, 3.63) is 29.3 Å². The van der Waals surface area contributed by atoms with E-state index in [1.165, 1.54) is 36.8 Å². The fourth-order valence-corrected chi connectivity index (χ4v) is 2.65. The molecule has 1 aliphatic carbocycles. The summed E-state index contributed by atoms with van der Waals surface area (Å²) >= 11 is 0. The molecule has 94 valence electrons. The lowest BCUT2D eigenvalue weighted by Crippen LogP contribution is -2.27. The molecule has 2 rings (SSSR count). The van der Waals surface area contributed by atoms with E-state index in [2.05, 4.69) is 30.4 Å². The fourth-order valence-electron chi connectivity index (χ4n) is 2.65. The quantitative estimate of drug-likeness (QED) is 0.844. The van der Waals surface area contributed by atoms with Crippen LogP contribution in [0.25, 0.3) is 0 Å². The van der Waals surface area contributed by atoms with E-state index in [0.29, 0.717) is 0 Å². The first-order valence-corrected chi connectivity index (χ1v) is 6.66. The lowest BCUT2D eigenvalue weighted by atomic mass is 10.1. The molecule has 1 saturated carbocycles. The third-order valence-corrected chi connectivity index (χ3v) is 3.66. The number of nitrogens with one attached hydrogen (secondary N) is 1. The summed E-state index contributed by atoms with van der Waals surface area (Å²) in [7, 11) is 1.73. The van der Waals surface area contributed by atoms with E-state index >= 15 is 0 Å². The maximum absolute atomic E-state index is 5.27. The van der Waals surface area contributed by atoms with Crippen LogP contribution in [0.15, 0.2) is 18.2 Å². The summed E-state index contributed by atoms with van der Waals surface area (Å²) in [4.78, 5) is 0. The average Bonchev–Trinajstić information content (AvgIpc) is 2.82. The van der Waals surface area contributed by atoms with Gasteiger partial charge in [0, 0.05) is 6.04 Å². The van der Waals surface area contributed by atoms with Gasteiger partial charge in [0.2, 0.25) is 0 Å². The maximum Gasteiger partial charge on any atom is 0.121 e. The van der Waals surface area contributed by atoms with Crippen LogP contribution in [-0.2, 0) is 6.42 Å². The summed E-state index contributed by atoms with van der Waals surface area (Å²) in [5.41, 5.74) is 2.62. The number of methoxy groups -OCH3 is 1. The molecular formula is C15H23NO. The van der Waals surface area contributed by atoms with E-state index in [4.69, 9.17) is 4.74 Å². The molecule has 0 aromatic heterocycles. The molecule has 2 nitrogen and oxygen atoms in total. The molecule has 0 aliphatic heterocycles. The first kappa shape index (κ1) is 12.4. The highest BCUT2D eigenvalue weighted by atomic mass is 16.5. The lowest BCUT2D eigenvalue weighted by Gasteiger charge is -2.12. The van der Waals surface area contributed by atoms with Crippen LogP contribution >= 0.6 is 0 Å². The van der Waals surface area contributed by atoms with Gasteiger partial charge in [-0.15, -0.1) is 0 Å². The highest BCUT2D eigenvalue weighted by molar-refractivity contribution is 5.36. The van der Waals surface area contributed by atoms with E-state index in [9.17, 15) is 0 Å². The SMILES string of the molecule is COc1ccc(CCNC2CCCC2)cc1C. The Balaban J connectivity index is 1.80. The van der Waals surface area contributed by atoms with Gasteiger partial charge in [0.1, 0.15) is 5.75 Å². The molecule has 1 aromatic carbocycles. The number of ether oxygens (including phenoxy) is 1. The van der Waals surface area contributed by atoms with Gasteiger partial charge in [-0.3, -0.25) is 0 Å². The predicted molar refractivity (Wildman–Crippen MR) is 71.7 cm³/mol. The van der Waals surface area contributed by atoms with Gasteiger partial charge in [-0.2, -0.15) is 0 Å². The Morgan fingerprint density at radius 2 is 2.06 bits per heavy atom. The summed E-state index contributed by atoms with van der Waals surface area (Å²) < 4.78 is 5.27. The smallest absolute Gasteiger partial charge is 0.121 e. The van der Waals surface area contributed by atoms with Crippen molar-refractivity contribution >= 4 is 0 Å². The van der Waals surface area contributed by atoms with Crippen molar-refractivity contribution in [1.82, 2.24) is 5.32 Å². The third kappa shape index (κ3) is 3.47. The summed E-state index contributed by atoms with van der Waals surface area (Å²) in [5, 5.41) is 3.65. The van der Waals surface area contributed by atoms with Crippen molar-refractivity contribution in [2.24, 2.45) is 0 Å². The minimum Gasteiger partial charge on any atom is -0.496 e. The van der Waals surface area contributed by atoms with Crippen LogP contribution in [-0.4, -0.2) is 19.7 Å². The zero-order valence-corrected chi connectivity index (χ0v) is 11.0. The van der Waals surface area contributed by atoms with Crippen molar-refractivity contribution in [3.63, 3.8) is 0 Å². The fraction of sp³-hybridized carbons (Fsp3) is 0.600. The molecule has 1 fully saturated rings. The second kappa shape index (κ2) is 6.06. The Kier molecular flexibility index (Phi) is 4.43. The molecule has 0 atom stereocenters. The van der Waals surface area contributed by atoms with Crippen LogP contribution in [0, 0.1) is 6.92 Å². The molecule has 0 bridgehead atoms. The van der Waals surface area contributed by atoms with E-state index in [1.54, 1.807) is 7.11 Å². The topological polar surface area (TPSA) is 21.3 Å². The first-order chi connectivity index (χ1) is 8.29. The Labute approximate surface area is 104 Å². The standard InChI is InChI=1S/C15H23NO/c1-12-11-13(7-8-15(12)17-2)9-10-16-14-5-3-4-6-14/h7-8,11,14,16H,3-6,9-10H2,1-2H3. The molecule has 0 unspecified atom stereocenters. The van der Waals surface area contributed by atoms with Crippen LogP contribution < -0.4 is 10.1 Å². The van der Waals surface area contributed by atoms with Gasteiger partial charge < -0.3 is 10.1 Å². The Morgan fingerprint density at radius 1 is 1.29 bits per heavy atom. The van der Waals surface area contributed by atoms with E-state index in [1.807, 2.05) is 0 Å². The number of aryl methyl sites for hydroxylation is 1. The maximum atomic E-state index is 5.27. The van der Waals surface area contributed by atoms with Crippen LogP contribution in [0.5, 0.6) is 5.75 Å². The highest BCUT2D eigenvalue weighted by Gasteiger charge is 2.13. The summed E-state index contributed by atoms with van der Waals surface area (Å²) in [6, 6.07) is 7.24. The molecular weight excluding hydrogens is 210 g/mol. The molecule has 0 saturated heterocycles. The minimum absolute atomic E-state index is 0.773. The van der Waals surface area contributed by atoms with E-state index in [-0.39, 0.29) is 0 Å². The zero-order valence-electron chi connectivity index (χ0n) is 11.0. The molecule has 1 aromatic rings. The zero-order chi connectivity index (χ0) is 12.1. The van der Waals surface area contributed by atoms with E-state index in [0.717, 1.165) is 24.8 Å². The molecule has 1 aliphatic rings. The Bertz CT molecular complexity index is 356. The van der Waals surface area contributed by atoms with Crippen molar-refractivity contribution < 1.29 is 4.74 Å². The monoisotopic (exact) mass is 233 g/mol. The predicted octanol–water partition coefficient (Wildman–Crippen LogP) is 3.08. The number of benzene rings is 1. The van der Waals surface area contributed by atoms with Gasteiger partial charge in [-0.1, -0.05) is 25.0 Å². The molecule has 0 spiro atoms. The normalized spacial score (nSPS) is 16.4. The van der Waals surface area contributed by atoms with Gasteiger partial charge in [0.15, 0.2) is 0 Å². The highest BCUT2D eigenvalue weighted by Crippen LogP contribution is 2.19. The van der Waals surface area contributed by atoms with Crippen molar-refractivity contribution in [2.45, 2.75) is 45.1 Å². The average molecular weight is 233 g/mol.